The van der Waals surface area contributed by atoms with Crippen LogP contribution in [0.25, 0.3) is 6.08 Å². The van der Waals surface area contributed by atoms with Crippen LogP contribution in [0, 0.1) is 11.6 Å². The first-order valence-electron chi connectivity index (χ1n) is 6.44. The lowest BCUT2D eigenvalue weighted by molar-refractivity contribution is 0.104. The minimum absolute atomic E-state index is 0.240. The second-order valence-electron chi connectivity index (χ2n) is 4.44. The summed E-state index contributed by atoms with van der Waals surface area (Å²) < 4.78 is 31.2. The molecule has 5 heteroatoms. The first-order valence-corrected chi connectivity index (χ1v) is 7.67. The van der Waals surface area contributed by atoms with Crippen molar-refractivity contribution in [2.75, 3.05) is 13.4 Å². The van der Waals surface area contributed by atoms with Crippen LogP contribution in [-0.2, 0) is 0 Å². The van der Waals surface area contributed by atoms with Crippen LogP contribution in [0.3, 0.4) is 0 Å². The highest BCUT2D eigenvalue weighted by Gasteiger charge is 2.08. The van der Waals surface area contributed by atoms with Crippen LogP contribution in [0.15, 0.2) is 47.4 Å². The summed E-state index contributed by atoms with van der Waals surface area (Å²) in [5.74, 6) is -1.48. The molecule has 0 heterocycles. The van der Waals surface area contributed by atoms with Crippen molar-refractivity contribution in [3.05, 3.63) is 65.2 Å². The van der Waals surface area contributed by atoms with Gasteiger partial charge in [-0.2, -0.15) is 0 Å². The Morgan fingerprint density at radius 2 is 1.91 bits per heavy atom. The van der Waals surface area contributed by atoms with Crippen molar-refractivity contribution in [2.45, 2.75) is 4.90 Å². The summed E-state index contributed by atoms with van der Waals surface area (Å²) in [5.41, 5.74) is 0.883. The summed E-state index contributed by atoms with van der Waals surface area (Å²) in [6.45, 7) is 0. The fourth-order valence-corrected chi connectivity index (χ4v) is 2.42. The quantitative estimate of drug-likeness (QED) is 0.458. The zero-order valence-electron chi connectivity index (χ0n) is 12.1. The maximum absolute atomic E-state index is 13.1. The highest BCUT2D eigenvalue weighted by atomic mass is 32.2. The van der Waals surface area contributed by atoms with Gasteiger partial charge in [0, 0.05) is 10.5 Å². The molecule has 2 aromatic carbocycles. The van der Waals surface area contributed by atoms with E-state index in [0.717, 1.165) is 17.0 Å². The number of carbonyl (C=O) groups is 1. The predicted octanol–water partition coefficient (Wildman–Crippen LogP) is 4.59. The van der Waals surface area contributed by atoms with E-state index in [0.29, 0.717) is 16.9 Å². The van der Waals surface area contributed by atoms with E-state index in [1.807, 2.05) is 12.3 Å². The number of hydrogen-bond donors (Lipinski definition) is 0. The van der Waals surface area contributed by atoms with Gasteiger partial charge in [0.2, 0.25) is 0 Å². The first-order chi connectivity index (χ1) is 10.5. The Balaban J connectivity index is 2.21. The normalized spacial score (nSPS) is 10.9. The zero-order valence-corrected chi connectivity index (χ0v) is 12.9. The van der Waals surface area contributed by atoms with Crippen molar-refractivity contribution < 1.29 is 18.3 Å². The lowest BCUT2D eigenvalue weighted by Gasteiger charge is -2.07. The van der Waals surface area contributed by atoms with Gasteiger partial charge in [0.05, 0.1) is 7.11 Å². The Hall–Kier alpha value is -2.14. The van der Waals surface area contributed by atoms with E-state index < -0.39 is 11.6 Å². The highest BCUT2D eigenvalue weighted by Crippen LogP contribution is 2.28. The highest BCUT2D eigenvalue weighted by molar-refractivity contribution is 7.98. The summed E-state index contributed by atoms with van der Waals surface area (Å²) in [6, 6.07) is 8.63. The third-order valence-corrected chi connectivity index (χ3v) is 3.82. The van der Waals surface area contributed by atoms with E-state index in [2.05, 4.69) is 0 Å². The molecule has 0 aromatic heterocycles. The maximum atomic E-state index is 13.1. The average molecular weight is 320 g/mol. The van der Waals surface area contributed by atoms with Crippen LogP contribution in [0.2, 0.25) is 0 Å². The maximum Gasteiger partial charge on any atom is 0.185 e. The number of thioether (sulfide) groups is 1. The van der Waals surface area contributed by atoms with Gasteiger partial charge in [0.1, 0.15) is 5.75 Å². The van der Waals surface area contributed by atoms with Crippen LogP contribution in [0.1, 0.15) is 15.9 Å². The van der Waals surface area contributed by atoms with E-state index in [1.54, 1.807) is 19.2 Å². The molecule has 2 rings (SSSR count). The number of halogens is 2. The van der Waals surface area contributed by atoms with Gasteiger partial charge in [0.25, 0.3) is 0 Å². The Morgan fingerprint density at radius 1 is 1.14 bits per heavy atom. The first kappa shape index (κ1) is 16.2. The van der Waals surface area contributed by atoms with Gasteiger partial charge in [0.15, 0.2) is 17.4 Å². The number of benzene rings is 2. The number of methoxy groups -OCH3 is 1. The van der Waals surface area contributed by atoms with E-state index in [9.17, 15) is 13.6 Å². The van der Waals surface area contributed by atoms with Gasteiger partial charge >= 0.3 is 0 Å². The van der Waals surface area contributed by atoms with Crippen LogP contribution in [0.4, 0.5) is 8.78 Å². The molecule has 0 atom stereocenters. The molecule has 0 saturated carbocycles. The van der Waals surface area contributed by atoms with E-state index >= 15 is 0 Å². The molecular weight excluding hydrogens is 306 g/mol. The van der Waals surface area contributed by atoms with Crippen molar-refractivity contribution in [2.24, 2.45) is 0 Å². The summed E-state index contributed by atoms with van der Waals surface area (Å²) in [6.07, 6.45) is 4.68. The Bertz CT molecular complexity index is 727. The third kappa shape index (κ3) is 3.74. The molecule has 0 fully saturated rings. The lowest BCUT2D eigenvalue weighted by atomic mass is 10.1. The topological polar surface area (TPSA) is 26.3 Å². The van der Waals surface area contributed by atoms with Crippen molar-refractivity contribution in [1.82, 2.24) is 0 Å². The Kier molecular flexibility index (Phi) is 5.33. The van der Waals surface area contributed by atoms with E-state index in [-0.39, 0.29) is 5.78 Å². The molecule has 0 N–H and O–H groups in total. The molecule has 0 amide bonds. The van der Waals surface area contributed by atoms with Crippen molar-refractivity contribution in [1.29, 1.82) is 0 Å². The van der Waals surface area contributed by atoms with Crippen LogP contribution < -0.4 is 4.74 Å². The molecule has 2 aromatic rings. The molecule has 0 radical (unpaired) electrons. The van der Waals surface area contributed by atoms with Gasteiger partial charge in [-0.3, -0.25) is 4.79 Å². The molecule has 0 spiro atoms. The second kappa shape index (κ2) is 7.22. The summed E-state index contributed by atoms with van der Waals surface area (Å²) in [5, 5.41) is 0. The van der Waals surface area contributed by atoms with E-state index in [1.165, 1.54) is 30.0 Å². The molecule has 0 aliphatic heterocycles. The van der Waals surface area contributed by atoms with Crippen LogP contribution >= 0.6 is 11.8 Å². The number of carbonyl (C=O) groups excluding carboxylic acids is 1. The fourth-order valence-electron chi connectivity index (χ4n) is 1.87. The van der Waals surface area contributed by atoms with Gasteiger partial charge in [-0.15, -0.1) is 11.8 Å². The molecule has 114 valence electrons. The minimum atomic E-state index is -0.944. The standard InChI is InChI=1S/C17H14F2O2S/c1-21-16-10-12(5-8-17(16)22-2)15(20)7-4-11-3-6-13(18)14(19)9-11/h3-10H,1-2H3. The number of rotatable bonds is 5. The van der Waals surface area contributed by atoms with Gasteiger partial charge in [-0.25, -0.2) is 8.78 Å². The molecular formula is C17H14F2O2S. The monoisotopic (exact) mass is 320 g/mol. The predicted molar refractivity (Wildman–Crippen MR) is 84.5 cm³/mol. The molecule has 22 heavy (non-hydrogen) atoms. The SMILES string of the molecule is COc1cc(C(=O)C=Cc2ccc(F)c(F)c2)ccc1SC. The number of allylic oxidation sites excluding steroid dienone is 1. The number of hydrogen-bond acceptors (Lipinski definition) is 3. The molecule has 0 aliphatic rings. The largest absolute Gasteiger partial charge is 0.496 e. The smallest absolute Gasteiger partial charge is 0.185 e. The number of ketones is 1. The minimum Gasteiger partial charge on any atom is -0.496 e. The van der Waals surface area contributed by atoms with Crippen molar-refractivity contribution in [3.8, 4) is 5.75 Å². The van der Waals surface area contributed by atoms with Crippen molar-refractivity contribution >= 4 is 23.6 Å². The molecule has 0 bridgehead atoms. The van der Waals surface area contributed by atoms with Crippen LogP contribution in [-0.4, -0.2) is 19.1 Å². The Morgan fingerprint density at radius 3 is 2.55 bits per heavy atom. The second-order valence-corrected chi connectivity index (χ2v) is 5.29. The third-order valence-electron chi connectivity index (χ3n) is 3.04. The average Bonchev–Trinajstić information content (AvgIpc) is 2.54. The molecule has 0 saturated heterocycles. The molecule has 0 unspecified atom stereocenters. The lowest BCUT2D eigenvalue weighted by Crippen LogP contribution is -1.96. The van der Waals surface area contributed by atoms with E-state index in [4.69, 9.17) is 4.74 Å². The zero-order chi connectivity index (χ0) is 16.1. The molecule has 2 nitrogen and oxygen atoms in total. The number of ether oxygens (including phenoxy) is 1. The summed E-state index contributed by atoms with van der Waals surface area (Å²) in [4.78, 5) is 13.1. The van der Waals surface area contributed by atoms with Gasteiger partial charge in [-0.1, -0.05) is 12.1 Å². The Labute approximate surface area is 131 Å². The van der Waals surface area contributed by atoms with Crippen molar-refractivity contribution in [3.63, 3.8) is 0 Å². The summed E-state index contributed by atoms with van der Waals surface area (Å²) >= 11 is 1.52. The van der Waals surface area contributed by atoms with Crippen LogP contribution in [0.5, 0.6) is 5.75 Å². The van der Waals surface area contributed by atoms with Gasteiger partial charge in [-0.05, 0) is 48.2 Å². The fraction of sp³-hybridized carbons (Fsp3) is 0.118. The summed E-state index contributed by atoms with van der Waals surface area (Å²) in [7, 11) is 1.54. The molecule has 0 aliphatic carbocycles. The van der Waals surface area contributed by atoms with Gasteiger partial charge < -0.3 is 4.74 Å².